The van der Waals surface area contributed by atoms with E-state index in [1.165, 1.54) is 25.3 Å². The number of carbonyl (C=O) groups is 2. The third kappa shape index (κ3) is 6.14. The number of ether oxygens (including phenoxy) is 2. The monoisotopic (exact) mass is 435 g/mol. The Labute approximate surface area is 171 Å². The van der Waals surface area contributed by atoms with E-state index in [0.717, 1.165) is 0 Å². The zero-order valence-corrected chi connectivity index (χ0v) is 17.5. The predicted octanol–water partition coefficient (Wildman–Crippen LogP) is 0.514. The van der Waals surface area contributed by atoms with Crippen LogP contribution in [0.3, 0.4) is 0 Å². The summed E-state index contributed by atoms with van der Waals surface area (Å²) in [6, 6.07) is 5.86. The summed E-state index contributed by atoms with van der Waals surface area (Å²) >= 11 is 0. The summed E-state index contributed by atoms with van der Waals surface area (Å²) in [6.07, 6.45) is 1.26. The molecular weight excluding hydrogens is 410 g/mol. The van der Waals surface area contributed by atoms with Gasteiger partial charge in [0.2, 0.25) is 15.9 Å². The Kier molecular flexibility index (Phi) is 9.31. The number of methoxy groups -OCH3 is 2. The highest BCUT2D eigenvalue weighted by Crippen LogP contribution is 2.31. The number of esters is 1. The molecule has 1 fully saturated rings. The lowest BCUT2D eigenvalue weighted by molar-refractivity contribution is -0.139. The van der Waals surface area contributed by atoms with Crippen molar-refractivity contribution in [3.8, 4) is 0 Å². The first kappa shape index (κ1) is 24.3. The minimum atomic E-state index is -3.91. The smallest absolute Gasteiger partial charge is 0.320 e. The SMILES string of the molecule is COCC1(C(=O)Nc2cccc(S(=O)(=O)NCC(=O)OC)c2)CCNCC1.Cl. The Morgan fingerprint density at radius 1 is 1.21 bits per heavy atom. The van der Waals surface area contributed by atoms with E-state index < -0.39 is 28.0 Å². The van der Waals surface area contributed by atoms with Crippen molar-refractivity contribution in [2.75, 3.05) is 45.8 Å². The number of sulfonamides is 1. The second kappa shape index (κ2) is 10.7. The van der Waals surface area contributed by atoms with Gasteiger partial charge >= 0.3 is 5.97 Å². The normalized spacial score (nSPS) is 15.9. The van der Waals surface area contributed by atoms with Gasteiger partial charge in [0.25, 0.3) is 0 Å². The highest BCUT2D eigenvalue weighted by Gasteiger charge is 2.39. The number of anilines is 1. The number of nitrogens with one attached hydrogen (secondary N) is 3. The lowest BCUT2D eigenvalue weighted by Crippen LogP contribution is -2.47. The molecule has 1 aromatic rings. The molecule has 1 saturated heterocycles. The topological polar surface area (TPSA) is 123 Å². The van der Waals surface area contributed by atoms with Gasteiger partial charge in [-0.05, 0) is 44.1 Å². The summed E-state index contributed by atoms with van der Waals surface area (Å²) in [5.74, 6) is -0.904. The minimum Gasteiger partial charge on any atom is -0.468 e. The van der Waals surface area contributed by atoms with E-state index in [-0.39, 0.29) is 23.2 Å². The van der Waals surface area contributed by atoms with E-state index in [2.05, 4.69) is 20.1 Å². The summed E-state index contributed by atoms with van der Waals surface area (Å²) in [4.78, 5) is 23.9. The summed E-state index contributed by atoms with van der Waals surface area (Å²) < 4.78 is 36.4. The fourth-order valence-electron chi connectivity index (χ4n) is 2.93. The van der Waals surface area contributed by atoms with Crippen molar-refractivity contribution in [2.24, 2.45) is 5.41 Å². The first-order valence-electron chi connectivity index (χ1n) is 8.51. The number of benzene rings is 1. The van der Waals surface area contributed by atoms with E-state index in [1.807, 2.05) is 0 Å². The van der Waals surface area contributed by atoms with Gasteiger partial charge < -0.3 is 20.1 Å². The maximum atomic E-state index is 12.8. The number of carbonyl (C=O) groups excluding carboxylic acids is 2. The summed E-state index contributed by atoms with van der Waals surface area (Å²) in [6.45, 7) is 1.24. The standard InChI is InChI=1S/C17H25N3O6S.ClH/c1-25-12-17(6-8-18-9-7-17)16(22)20-13-4-3-5-14(10-13)27(23,24)19-11-15(21)26-2;/h3-5,10,18-19H,6-9,11-12H2,1-2H3,(H,20,22);1H. The van der Waals surface area contributed by atoms with Crippen molar-refractivity contribution >= 4 is 40.0 Å². The number of halogens is 1. The summed E-state index contributed by atoms with van der Waals surface area (Å²) in [5, 5.41) is 6.01. The van der Waals surface area contributed by atoms with Gasteiger partial charge in [0.15, 0.2) is 0 Å². The second-order valence-electron chi connectivity index (χ2n) is 6.35. The van der Waals surface area contributed by atoms with Crippen LogP contribution in [0.2, 0.25) is 0 Å². The van der Waals surface area contributed by atoms with Crippen LogP contribution < -0.4 is 15.4 Å². The van der Waals surface area contributed by atoms with E-state index in [1.54, 1.807) is 13.2 Å². The summed E-state index contributed by atoms with van der Waals surface area (Å²) in [7, 11) is -1.19. The molecule has 0 spiro atoms. The molecular formula is C17H26ClN3O6S. The lowest BCUT2D eigenvalue weighted by atomic mass is 9.78. The average molecular weight is 436 g/mol. The van der Waals surface area contributed by atoms with Crippen LogP contribution in [0, 0.1) is 5.41 Å². The molecule has 11 heteroatoms. The first-order valence-corrected chi connectivity index (χ1v) is 9.99. The van der Waals surface area contributed by atoms with Crippen molar-refractivity contribution in [1.82, 2.24) is 10.0 Å². The van der Waals surface area contributed by atoms with Gasteiger partial charge in [-0.25, -0.2) is 8.42 Å². The third-order valence-electron chi connectivity index (χ3n) is 4.50. The van der Waals surface area contributed by atoms with Gasteiger partial charge in [0.1, 0.15) is 6.54 Å². The van der Waals surface area contributed by atoms with Gasteiger partial charge in [0.05, 0.1) is 24.0 Å². The Bertz CT molecular complexity index is 775. The fourth-order valence-corrected chi connectivity index (χ4v) is 3.95. The molecule has 1 amide bonds. The van der Waals surface area contributed by atoms with Gasteiger partial charge in [-0.1, -0.05) is 6.07 Å². The zero-order chi connectivity index (χ0) is 19.9. The maximum Gasteiger partial charge on any atom is 0.320 e. The molecule has 1 aliphatic rings. The van der Waals surface area contributed by atoms with Crippen LogP contribution in [0.5, 0.6) is 0 Å². The highest BCUT2D eigenvalue weighted by molar-refractivity contribution is 7.89. The third-order valence-corrected chi connectivity index (χ3v) is 5.90. The number of hydrogen-bond donors (Lipinski definition) is 3. The number of piperidine rings is 1. The second-order valence-corrected chi connectivity index (χ2v) is 8.11. The first-order chi connectivity index (χ1) is 12.8. The van der Waals surface area contributed by atoms with Gasteiger partial charge in [0, 0.05) is 12.8 Å². The molecule has 0 aliphatic carbocycles. The van der Waals surface area contributed by atoms with E-state index in [0.29, 0.717) is 38.2 Å². The van der Waals surface area contributed by atoms with Crippen LogP contribution >= 0.6 is 12.4 Å². The van der Waals surface area contributed by atoms with Crippen molar-refractivity contribution < 1.29 is 27.5 Å². The van der Waals surface area contributed by atoms with Crippen LogP contribution in [0.1, 0.15) is 12.8 Å². The molecule has 158 valence electrons. The van der Waals surface area contributed by atoms with E-state index in [4.69, 9.17) is 4.74 Å². The van der Waals surface area contributed by atoms with E-state index in [9.17, 15) is 18.0 Å². The molecule has 3 N–H and O–H groups in total. The molecule has 0 unspecified atom stereocenters. The Hall–Kier alpha value is -1.72. The number of hydrogen-bond acceptors (Lipinski definition) is 7. The average Bonchev–Trinajstić information content (AvgIpc) is 2.67. The van der Waals surface area contributed by atoms with Crippen LogP contribution in [0.15, 0.2) is 29.2 Å². The highest BCUT2D eigenvalue weighted by atomic mass is 35.5. The van der Waals surface area contributed by atoms with Gasteiger partial charge in [-0.2, -0.15) is 4.72 Å². The molecule has 0 bridgehead atoms. The molecule has 2 rings (SSSR count). The molecule has 9 nitrogen and oxygen atoms in total. The molecule has 0 radical (unpaired) electrons. The van der Waals surface area contributed by atoms with Crippen LogP contribution in [0.25, 0.3) is 0 Å². The largest absolute Gasteiger partial charge is 0.468 e. The molecule has 1 aliphatic heterocycles. The Morgan fingerprint density at radius 2 is 1.89 bits per heavy atom. The quantitative estimate of drug-likeness (QED) is 0.508. The zero-order valence-electron chi connectivity index (χ0n) is 15.8. The molecule has 28 heavy (non-hydrogen) atoms. The Morgan fingerprint density at radius 3 is 2.50 bits per heavy atom. The molecule has 0 saturated carbocycles. The van der Waals surface area contributed by atoms with Crippen LogP contribution in [-0.4, -0.2) is 60.8 Å². The van der Waals surface area contributed by atoms with Crippen LogP contribution in [0.4, 0.5) is 5.69 Å². The van der Waals surface area contributed by atoms with Crippen molar-refractivity contribution in [3.63, 3.8) is 0 Å². The minimum absolute atomic E-state index is 0. The van der Waals surface area contributed by atoms with Crippen molar-refractivity contribution in [3.05, 3.63) is 24.3 Å². The maximum absolute atomic E-state index is 12.8. The molecule has 1 heterocycles. The van der Waals surface area contributed by atoms with E-state index >= 15 is 0 Å². The van der Waals surface area contributed by atoms with Gasteiger partial charge in [-0.3, -0.25) is 9.59 Å². The van der Waals surface area contributed by atoms with Crippen LogP contribution in [-0.2, 0) is 29.1 Å². The van der Waals surface area contributed by atoms with Crippen molar-refractivity contribution in [2.45, 2.75) is 17.7 Å². The molecule has 0 aromatic heterocycles. The molecule has 1 aromatic carbocycles. The predicted molar refractivity (Wildman–Crippen MR) is 106 cm³/mol. The fraction of sp³-hybridized carbons (Fsp3) is 0.529. The summed E-state index contributed by atoms with van der Waals surface area (Å²) in [5.41, 5.74) is -0.298. The number of rotatable bonds is 8. The molecule has 0 atom stereocenters. The number of amides is 1. The lowest BCUT2D eigenvalue weighted by Gasteiger charge is -2.35. The van der Waals surface area contributed by atoms with Gasteiger partial charge in [-0.15, -0.1) is 12.4 Å². The van der Waals surface area contributed by atoms with Crippen molar-refractivity contribution in [1.29, 1.82) is 0 Å². The Balaban J connectivity index is 0.00000392.